The van der Waals surface area contributed by atoms with Crippen LogP contribution in [0.2, 0.25) is 0 Å². The van der Waals surface area contributed by atoms with Gasteiger partial charge in [0.15, 0.2) is 0 Å². The molecule has 0 bridgehead atoms. The summed E-state index contributed by atoms with van der Waals surface area (Å²) in [5.74, 6) is -1.59. The van der Waals surface area contributed by atoms with Crippen LogP contribution in [0, 0.1) is 5.82 Å². The van der Waals surface area contributed by atoms with Gasteiger partial charge in [0.05, 0.1) is 17.3 Å². The Balaban J connectivity index is 2.27. The van der Waals surface area contributed by atoms with Gasteiger partial charge < -0.3 is 15.1 Å². The molecule has 0 spiro atoms. The first kappa shape index (κ1) is 16.5. The highest BCUT2D eigenvalue weighted by atomic mass is 32.1. The summed E-state index contributed by atoms with van der Waals surface area (Å²) in [6, 6.07) is 6.02. The van der Waals surface area contributed by atoms with Gasteiger partial charge >= 0.3 is 5.97 Å². The number of hydrogen-bond donors (Lipinski definition) is 2. The van der Waals surface area contributed by atoms with Gasteiger partial charge in [0.25, 0.3) is 0 Å². The van der Waals surface area contributed by atoms with Crippen LogP contribution in [0.25, 0.3) is 11.3 Å². The first-order valence-corrected chi connectivity index (χ1v) is 7.62. The number of aliphatic hydroxyl groups excluding tert-OH is 1. The number of carboxylic acid groups (broad SMARTS) is 1. The van der Waals surface area contributed by atoms with E-state index in [1.165, 1.54) is 12.1 Å². The first-order chi connectivity index (χ1) is 10.5. The highest BCUT2D eigenvalue weighted by Crippen LogP contribution is 2.30. The average Bonchev–Trinajstić information content (AvgIpc) is 2.90. The summed E-state index contributed by atoms with van der Waals surface area (Å²) in [5.41, 5.74) is 0.376. The van der Waals surface area contributed by atoms with Crippen LogP contribution in [0.5, 0.6) is 0 Å². The molecule has 1 aromatic heterocycles. The summed E-state index contributed by atoms with van der Waals surface area (Å²) >= 11 is 1.06. The Hall–Kier alpha value is -1.83. The Bertz CT molecular complexity index is 660. The third-order valence-corrected chi connectivity index (χ3v) is 4.29. The topological polar surface area (TPSA) is 73.7 Å². The molecule has 5 nitrogen and oxygen atoms in total. The molecule has 1 heterocycles. The second-order valence-corrected chi connectivity index (χ2v) is 5.93. The molecule has 2 N–H and O–H groups in total. The van der Waals surface area contributed by atoms with Crippen molar-refractivity contribution in [2.75, 3.05) is 26.7 Å². The highest BCUT2D eigenvalue weighted by Gasteiger charge is 2.20. The lowest BCUT2D eigenvalue weighted by molar-refractivity contribution is 0.0702. The Kier molecular flexibility index (Phi) is 5.59. The minimum atomic E-state index is -1.11. The lowest BCUT2D eigenvalue weighted by atomic mass is 10.1. The van der Waals surface area contributed by atoms with Gasteiger partial charge in [-0.15, -0.1) is 11.3 Å². The Labute approximate surface area is 131 Å². The summed E-state index contributed by atoms with van der Waals surface area (Å²) in [7, 11) is 1.86. The number of benzene rings is 1. The molecule has 0 fully saturated rings. The fourth-order valence-corrected chi connectivity index (χ4v) is 2.93. The van der Waals surface area contributed by atoms with E-state index in [9.17, 15) is 14.3 Å². The van der Waals surface area contributed by atoms with Gasteiger partial charge in [-0.25, -0.2) is 14.2 Å². The fourth-order valence-electron chi connectivity index (χ4n) is 2.02. The van der Waals surface area contributed by atoms with Crippen LogP contribution in [0.15, 0.2) is 24.3 Å². The number of aromatic carboxylic acids is 1. The first-order valence-electron chi connectivity index (χ1n) is 6.80. The maximum atomic E-state index is 13.9. The maximum absolute atomic E-state index is 13.9. The van der Waals surface area contributed by atoms with Crippen LogP contribution in [-0.4, -0.2) is 52.8 Å². The van der Waals surface area contributed by atoms with Crippen molar-refractivity contribution in [2.24, 2.45) is 0 Å². The van der Waals surface area contributed by atoms with Crippen LogP contribution < -0.4 is 0 Å². The monoisotopic (exact) mass is 324 g/mol. The van der Waals surface area contributed by atoms with Gasteiger partial charge in [0.2, 0.25) is 0 Å². The SMILES string of the molecule is CN(CCO)CCc1nc(-c2ccccc2F)c(C(=O)O)s1. The molecule has 7 heteroatoms. The summed E-state index contributed by atoms with van der Waals surface area (Å²) in [4.78, 5) is 17.6. The largest absolute Gasteiger partial charge is 0.477 e. The number of carbonyl (C=O) groups is 1. The Morgan fingerprint density at radius 1 is 1.36 bits per heavy atom. The van der Waals surface area contributed by atoms with Gasteiger partial charge in [-0.05, 0) is 19.2 Å². The molecule has 0 amide bonds. The average molecular weight is 324 g/mol. The zero-order valence-corrected chi connectivity index (χ0v) is 12.9. The highest BCUT2D eigenvalue weighted by molar-refractivity contribution is 7.14. The molecule has 0 saturated heterocycles. The number of aliphatic hydroxyl groups is 1. The quantitative estimate of drug-likeness (QED) is 0.816. The number of likely N-dealkylation sites (N-methyl/N-ethyl adjacent to an activating group) is 1. The summed E-state index contributed by atoms with van der Waals surface area (Å²) in [6.45, 7) is 1.25. The third kappa shape index (κ3) is 3.88. The fraction of sp³-hybridized carbons (Fsp3) is 0.333. The van der Waals surface area contributed by atoms with E-state index in [4.69, 9.17) is 5.11 Å². The van der Waals surface area contributed by atoms with Gasteiger partial charge in [-0.3, -0.25) is 0 Å². The molecule has 0 atom stereocenters. The lowest BCUT2D eigenvalue weighted by Gasteiger charge is -2.13. The number of aromatic nitrogens is 1. The van der Waals surface area contributed by atoms with Crippen molar-refractivity contribution >= 4 is 17.3 Å². The second kappa shape index (κ2) is 7.44. The lowest BCUT2D eigenvalue weighted by Crippen LogP contribution is -2.24. The van der Waals surface area contributed by atoms with Crippen molar-refractivity contribution in [3.63, 3.8) is 0 Å². The van der Waals surface area contributed by atoms with E-state index < -0.39 is 11.8 Å². The summed E-state index contributed by atoms with van der Waals surface area (Å²) in [6.07, 6.45) is 0.551. The third-order valence-electron chi connectivity index (χ3n) is 3.18. The van der Waals surface area contributed by atoms with Crippen LogP contribution in [0.1, 0.15) is 14.7 Å². The number of halogens is 1. The van der Waals surface area contributed by atoms with E-state index in [0.717, 1.165) is 11.3 Å². The summed E-state index contributed by atoms with van der Waals surface area (Å²) in [5, 5.41) is 18.8. The zero-order valence-electron chi connectivity index (χ0n) is 12.1. The number of hydrogen-bond acceptors (Lipinski definition) is 5. The molecule has 2 aromatic rings. The predicted octanol–water partition coefficient (Wildman–Crippen LogP) is 2.11. The van der Waals surface area contributed by atoms with Gasteiger partial charge in [0.1, 0.15) is 10.7 Å². The minimum Gasteiger partial charge on any atom is -0.477 e. The van der Waals surface area contributed by atoms with E-state index in [1.807, 2.05) is 11.9 Å². The smallest absolute Gasteiger partial charge is 0.348 e. The standard InChI is InChI=1S/C15H17FN2O3S/c1-18(8-9-19)7-6-12-17-13(14(22-12)15(20)21)10-4-2-3-5-11(10)16/h2-5,19H,6-9H2,1H3,(H,20,21). The normalized spacial score (nSPS) is 11.1. The number of nitrogens with zero attached hydrogens (tertiary/aromatic N) is 2. The van der Waals surface area contributed by atoms with Crippen molar-refractivity contribution in [3.05, 3.63) is 40.0 Å². The van der Waals surface area contributed by atoms with Gasteiger partial charge in [-0.1, -0.05) is 12.1 Å². The number of rotatable bonds is 7. The van der Waals surface area contributed by atoms with Crippen LogP contribution in [-0.2, 0) is 6.42 Å². The van der Waals surface area contributed by atoms with Crippen molar-refractivity contribution in [3.8, 4) is 11.3 Å². The summed E-state index contributed by atoms with van der Waals surface area (Å²) < 4.78 is 13.9. The number of thiazole rings is 1. The molecule has 0 aliphatic heterocycles. The van der Waals surface area contributed by atoms with E-state index in [2.05, 4.69) is 4.98 Å². The predicted molar refractivity (Wildman–Crippen MR) is 82.8 cm³/mol. The maximum Gasteiger partial charge on any atom is 0.348 e. The molecule has 1 aromatic carbocycles. The molecule has 0 unspecified atom stereocenters. The molecule has 118 valence electrons. The van der Waals surface area contributed by atoms with Crippen LogP contribution in [0.3, 0.4) is 0 Å². The Morgan fingerprint density at radius 3 is 2.73 bits per heavy atom. The van der Waals surface area contributed by atoms with Crippen LogP contribution in [0.4, 0.5) is 4.39 Å². The van der Waals surface area contributed by atoms with E-state index in [1.54, 1.807) is 12.1 Å². The minimum absolute atomic E-state index is 0.0462. The molecule has 22 heavy (non-hydrogen) atoms. The molecule has 0 aliphatic carbocycles. The molecular weight excluding hydrogens is 307 g/mol. The molecular formula is C15H17FN2O3S. The molecule has 0 saturated carbocycles. The van der Waals surface area contributed by atoms with Crippen LogP contribution >= 0.6 is 11.3 Å². The van der Waals surface area contributed by atoms with E-state index >= 15 is 0 Å². The van der Waals surface area contributed by atoms with Gasteiger partial charge in [-0.2, -0.15) is 0 Å². The van der Waals surface area contributed by atoms with E-state index in [-0.39, 0.29) is 22.7 Å². The number of carboxylic acids is 1. The second-order valence-electron chi connectivity index (χ2n) is 4.85. The Morgan fingerprint density at radius 2 is 2.09 bits per heavy atom. The van der Waals surface area contributed by atoms with Crippen molar-refractivity contribution in [1.82, 2.24) is 9.88 Å². The van der Waals surface area contributed by atoms with E-state index in [0.29, 0.717) is 24.5 Å². The molecule has 2 rings (SSSR count). The molecule has 0 aliphatic rings. The van der Waals surface area contributed by atoms with Crippen molar-refractivity contribution < 1.29 is 19.4 Å². The van der Waals surface area contributed by atoms with Crippen molar-refractivity contribution in [2.45, 2.75) is 6.42 Å². The van der Waals surface area contributed by atoms with Crippen molar-refractivity contribution in [1.29, 1.82) is 0 Å². The molecule has 0 radical (unpaired) electrons. The zero-order chi connectivity index (χ0) is 16.1. The van der Waals surface area contributed by atoms with Gasteiger partial charge in [0, 0.05) is 25.1 Å².